The topological polar surface area (TPSA) is 0 Å². The zero-order chi connectivity index (χ0) is 5.98. The van der Waals surface area contributed by atoms with Crippen molar-refractivity contribution in [3.8, 4) is 0 Å². The maximum Gasteiger partial charge on any atom is 2.00 e. The maximum atomic E-state index is 5.58. The first-order valence-corrected chi connectivity index (χ1v) is 2.80. The molecule has 0 radical (unpaired) electrons. The van der Waals surface area contributed by atoms with E-state index in [9.17, 15) is 0 Å². The second-order valence-electron chi connectivity index (χ2n) is 1.69. The van der Waals surface area contributed by atoms with E-state index in [1.807, 2.05) is 19.1 Å². The average Bonchev–Trinajstić information content (AvgIpc) is 1.77. The number of rotatable bonds is 0. The second kappa shape index (κ2) is 6.47. The summed E-state index contributed by atoms with van der Waals surface area (Å²) >= 11 is 5.58. The third kappa shape index (κ3) is 4.55. The van der Waals surface area contributed by atoms with Crippen molar-refractivity contribution in [1.29, 1.82) is 0 Å². The third-order valence-corrected chi connectivity index (χ3v) is 1.17. The molecule has 0 aliphatic rings. The van der Waals surface area contributed by atoms with E-state index in [1.165, 1.54) is 0 Å². The van der Waals surface area contributed by atoms with Gasteiger partial charge in [0.2, 0.25) is 0 Å². The van der Waals surface area contributed by atoms with Gasteiger partial charge in [0.15, 0.2) is 0 Å². The van der Waals surface area contributed by atoms with Gasteiger partial charge in [-0.2, -0.15) is 41.4 Å². The Hall–Kier alpha value is 0.756. The van der Waals surface area contributed by atoms with Gasteiger partial charge in [-0.05, 0) is 0 Å². The molecule has 0 fully saturated rings. The quantitative estimate of drug-likeness (QED) is 0.399. The molecule has 0 amide bonds. The molecule has 0 saturated carbocycles. The maximum absolute atomic E-state index is 5.58. The predicted molar refractivity (Wildman–Crippen MR) is 40.8 cm³/mol. The molecule has 1 aromatic rings. The standard InChI is InChI=1S/C7H6Cl.BrH.Mg/c1-6-2-4-7(8)5-3-6;;/h2,4-5H,1H3;1H;/q-1;;+2/p-1. The van der Waals surface area contributed by atoms with E-state index in [-0.39, 0.29) is 40.0 Å². The number of aryl methyl sites for hydroxylation is 1. The summed E-state index contributed by atoms with van der Waals surface area (Å²) in [5.74, 6) is 0. The van der Waals surface area contributed by atoms with Gasteiger partial charge < -0.3 is 17.0 Å². The van der Waals surface area contributed by atoms with Crippen LogP contribution in [-0.2, 0) is 0 Å². The molecule has 1 rings (SSSR count). The fourth-order valence-corrected chi connectivity index (χ4v) is 0.601. The number of hydrogen-bond acceptors (Lipinski definition) is 0. The van der Waals surface area contributed by atoms with Crippen LogP contribution >= 0.6 is 11.6 Å². The Balaban J connectivity index is 0. The van der Waals surface area contributed by atoms with Crippen LogP contribution in [0.1, 0.15) is 5.56 Å². The van der Waals surface area contributed by atoms with Gasteiger partial charge in [0.25, 0.3) is 0 Å². The average molecular weight is 230 g/mol. The molecule has 0 heterocycles. The van der Waals surface area contributed by atoms with E-state index in [2.05, 4.69) is 6.07 Å². The van der Waals surface area contributed by atoms with Crippen molar-refractivity contribution in [2.24, 2.45) is 0 Å². The molecule has 0 N–H and O–H groups in total. The fourth-order valence-electron chi connectivity index (χ4n) is 0.484. The fraction of sp³-hybridized carbons (Fsp3) is 0.143. The van der Waals surface area contributed by atoms with E-state index in [4.69, 9.17) is 11.6 Å². The zero-order valence-corrected chi connectivity index (χ0v) is 9.45. The minimum Gasteiger partial charge on any atom is -1.00 e. The number of benzene rings is 1. The molecule has 0 spiro atoms. The van der Waals surface area contributed by atoms with Crippen molar-refractivity contribution in [2.75, 3.05) is 0 Å². The first-order valence-electron chi connectivity index (χ1n) is 2.43. The van der Waals surface area contributed by atoms with E-state index >= 15 is 0 Å². The Morgan fingerprint density at radius 2 is 2.00 bits per heavy atom. The molecule has 0 atom stereocenters. The van der Waals surface area contributed by atoms with Gasteiger partial charge >= 0.3 is 23.1 Å². The van der Waals surface area contributed by atoms with E-state index in [1.54, 1.807) is 6.07 Å². The Morgan fingerprint density at radius 3 is 2.30 bits per heavy atom. The van der Waals surface area contributed by atoms with Crippen molar-refractivity contribution in [2.45, 2.75) is 6.92 Å². The van der Waals surface area contributed by atoms with Gasteiger partial charge in [-0.25, -0.2) is 0 Å². The van der Waals surface area contributed by atoms with E-state index in [0.717, 1.165) is 10.6 Å². The molecule has 0 unspecified atom stereocenters. The molecule has 1 aromatic carbocycles. The monoisotopic (exact) mass is 228 g/mol. The van der Waals surface area contributed by atoms with Crippen LogP contribution in [0.5, 0.6) is 0 Å². The molecule has 3 heteroatoms. The molecule has 0 bridgehead atoms. The van der Waals surface area contributed by atoms with Gasteiger partial charge in [0, 0.05) is 0 Å². The van der Waals surface area contributed by atoms with Crippen LogP contribution in [0.25, 0.3) is 0 Å². The van der Waals surface area contributed by atoms with E-state index in [0.29, 0.717) is 0 Å². The summed E-state index contributed by atoms with van der Waals surface area (Å²) in [7, 11) is 0. The third-order valence-electron chi connectivity index (χ3n) is 0.930. The summed E-state index contributed by atoms with van der Waals surface area (Å²) in [4.78, 5) is 0. The van der Waals surface area contributed by atoms with Crippen LogP contribution in [0, 0.1) is 13.0 Å². The molecule has 10 heavy (non-hydrogen) atoms. The van der Waals surface area contributed by atoms with Crippen molar-refractivity contribution in [1.82, 2.24) is 0 Å². The first-order chi connectivity index (χ1) is 3.79. The van der Waals surface area contributed by atoms with Gasteiger partial charge in [-0.1, -0.05) is 11.9 Å². The summed E-state index contributed by atoms with van der Waals surface area (Å²) in [5.41, 5.74) is 1.12. The largest absolute Gasteiger partial charge is 2.00 e. The Morgan fingerprint density at radius 1 is 1.40 bits per heavy atom. The summed E-state index contributed by atoms with van der Waals surface area (Å²) < 4.78 is 0. The van der Waals surface area contributed by atoms with Gasteiger partial charge in [-0.3, -0.25) is 0 Å². The minimum absolute atomic E-state index is 0. The summed E-state index contributed by atoms with van der Waals surface area (Å²) in [5, 5.41) is 0.746. The summed E-state index contributed by atoms with van der Waals surface area (Å²) in [6, 6.07) is 8.52. The molecule has 50 valence electrons. The van der Waals surface area contributed by atoms with Crippen LogP contribution < -0.4 is 17.0 Å². The molecule has 0 aliphatic heterocycles. The van der Waals surface area contributed by atoms with Crippen LogP contribution in [0.4, 0.5) is 0 Å². The zero-order valence-electron chi connectivity index (χ0n) is 5.70. The van der Waals surface area contributed by atoms with Gasteiger partial charge in [0.05, 0.1) is 0 Å². The normalized spacial score (nSPS) is 7.40. The molecular weight excluding hydrogens is 224 g/mol. The summed E-state index contributed by atoms with van der Waals surface area (Å²) in [6.07, 6.45) is 0. The molecule has 0 nitrogen and oxygen atoms in total. The second-order valence-corrected chi connectivity index (χ2v) is 2.13. The van der Waals surface area contributed by atoms with Crippen molar-refractivity contribution >= 4 is 34.7 Å². The molecule has 0 aromatic heterocycles. The Bertz CT molecular complexity index is 152. The van der Waals surface area contributed by atoms with Crippen LogP contribution in [0.2, 0.25) is 5.02 Å². The van der Waals surface area contributed by atoms with Crippen LogP contribution in [0.3, 0.4) is 0 Å². The van der Waals surface area contributed by atoms with Crippen molar-refractivity contribution < 1.29 is 17.0 Å². The van der Waals surface area contributed by atoms with Crippen molar-refractivity contribution in [3.05, 3.63) is 34.9 Å². The molecule has 0 saturated heterocycles. The van der Waals surface area contributed by atoms with E-state index < -0.39 is 0 Å². The Kier molecular flexibility index (Phi) is 8.63. The van der Waals surface area contributed by atoms with Crippen LogP contribution in [-0.4, -0.2) is 23.1 Å². The number of halogens is 2. The SMILES string of the molecule is Cc1[c-]cc(Cl)cc1.[Br-].[Mg+2]. The smallest absolute Gasteiger partial charge is 1.00 e. The summed E-state index contributed by atoms with van der Waals surface area (Å²) in [6.45, 7) is 1.98. The Labute approximate surface area is 92.9 Å². The predicted octanol–water partition coefficient (Wildman–Crippen LogP) is -0.928. The molecular formula is C7H6BrClMg. The minimum atomic E-state index is 0. The van der Waals surface area contributed by atoms with Crippen molar-refractivity contribution in [3.63, 3.8) is 0 Å². The van der Waals surface area contributed by atoms with Gasteiger partial charge in [-0.15, -0.1) is 0 Å². The number of hydrogen-bond donors (Lipinski definition) is 0. The van der Waals surface area contributed by atoms with Gasteiger partial charge in [0.1, 0.15) is 0 Å². The van der Waals surface area contributed by atoms with Crippen LogP contribution in [0.15, 0.2) is 18.2 Å². The molecule has 0 aliphatic carbocycles. The first kappa shape index (κ1) is 13.4.